The molecule has 0 saturated carbocycles. The van der Waals surface area contributed by atoms with E-state index in [0.717, 1.165) is 30.8 Å². The summed E-state index contributed by atoms with van der Waals surface area (Å²) < 4.78 is 0. The van der Waals surface area contributed by atoms with Crippen LogP contribution in [-0.4, -0.2) is 30.4 Å². The van der Waals surface area contributed by atoms with Crippen LogP contribution in [0.3, 0.4) is 0 Å². The summed E-state index contributed by atoms with van der Waals surface area (Å²) >= 11 is 1.64. The number of rotatable bonds is 3. The van der Waals surface area contributed by atoms with E-state index in [1.54, 1.807) is 17.4 Å². The number of likely N-dealkylation sites (tertiary alicyclic amines) is 1. The summed E-state index contributed by atoms with van der Waals surface area (Å²) in [5, 5.41) is 2.01. The zero-order valence-electron chi connectivity index (χ0n) is 9.84. The first-order valence-corrected chi connectivity index (χ1v) is 6.88. The van der Waals surface area contributed by atoms with Gasteiger partial charge in [0, 0.05) is 24.0 Å². The van der Waals surface area contributed by atoms with E-state index in [1.165, 1.54) is 0 Å². The SMILES string of the molecule is NCC1CCCN(C(=O)/C=C/c2cccs2)C1. The molecule has 1 saturated heterocycles. The summed E-state index contributed by atoms with van der Waals surface area (Å²) in [6, 6.07) is 3.99. The van der Waals surface area contributed by atoms with Crippen LogP contribution in [0.2, 0.25) is 0 Å². The lowest BCUT2D eigenvalue weighted by Gasteiger charge is -2.31. The van der Waals surface area contributed by atoms with Gasteiger partial charge < -0.3 is 10.6 Å². The van der Waals surface area contributed by atoms with Crippen LogP contribution in [-0.2, 0) is 4.79 Å². The van der Waals surface area contributed by atoms with Crippen LogP contribution in [0.4, 0.5) is 0 Å². The Morgan fingerprint density at radius 3 is 3.24 bits per heavy atom. The molecule has 17 heavy (non-hydrogen) atoms. The van der Waals surface area contributed by atoms with Gasteiger partial charge in [-0.3, -0.25) is 4.79 Å². The van der Waals surface area contributed by atoms with E-state index < -0.39 is 0 Å². The molecule has 4 heteroatoms. The molecular formula is C13H18N2OS. The van der Waals surface area contributed by atoms with Crippen molar-refractivity contribution in [3.63, 3.8) is 0 Å². The number of amides is 1. The molecule has 1 fully saturated rings. The van der Waals surface area contributed by atoms with Crippen molar-refractivity contribution in [3.8, 4) is 0 Å². The van der Waals surface area contributed by atoms with Gasteiger partial charge in [-0.1, -0.05) is 6.07 Å². The van der Waals surface area contributed by atoms with Gasteiger partial charge in [-0.15, -0.1) is 11.3 Å². The van der Waals surface area contributed by atoms with Gasteiger partial charge in [-0.25, -0.2) is 0 Å². The van der Waals surface area contributed by atoms with Gasteiger partial charge in [0.25, 0.3) is 0 Å². The maximum absolute atomic E-state index is 12.0. The highest BCUT2D eigenvalue weighted by molar-refractivity contribution is 7.10. The maximum Gasteiger partial charge on any atom is 0.246 e. The van der Waals surface area contributed by atoms with Crippen molar-refractivity contribution < 1.29 is 4.79 Å². The summed E-state index contributed by atoms with van der Waals surface area (Å²) in [5.74, 6) is 0.583. The normalized spacial score (nSPS) is 21.0. The van der Waals surface area contributed by atoms with Crippen LogP contribution in [0.1, 0.15) is 17.7 Å². The van der Waals surface area contributed by atoms with E-state index in [2.05, 4.69) is 0 Å². The van der Waals surface area contributed by atoms with E-state index in [4.69, 9.17) is 5.73 Å². The first kappa shape index (κ1) is 12.3. The van der Waals surface area contributed by atoms with Crippen molar-refractivity contribution in [2.24, 2.45) is 11.7 Å². The average molecular weight is 250 g/mol. The van der Waals surface area contributed by atoms with Crippen molar-refractivity contribution >= 4 is 23.3 Å². The Morgan fingerprint density at radius 1 is 1.65 bits per heavy atom. The molecule has 1 aliphatic rings. The summed E-state index contributed by atoms with van der Waals surface area (Å²) in [7, 11) is 0. The molecule has 0 aromatic carbocycles. The third kappa shape index (κ3) is 3.41. The quantitative estimate of drug-likeness (QED) is 0.834. The standard InChI is InChI=1S/C13H18N2OS/c14-9-11-3-1-7-15(10-11)13(16)6-5-12-4-2-8-17-12/h2,4-6,8,11H,1,3,7,9-10,14H2/b6-5+. The van der Waals surface area contributed by atoms with Gasteiger partial charge in [0.2, 0.25) is 5.91 Å². The van der Waals surface area contributed by atoms with E-state index in [9.17, 15) is 4.79 Å². The highest BCUT2D eigenvalue weighted by atomic mass is 32.1. The summed E-state index contributed by atoms with van der Waals surface area (Å²) in [4.78, 5) is 15.0. The van der Waals surface area contributed by atoms with Crippen molar-refractivity contribution in [2.45, 2.75) is 12.8 Å². The fourth-order valence-corrected chi connectivity index (χ4v) is 2.72. The van der Waals surface area contributed by atoms with Gasteiger partial charge in [0.05, 0.1) is 0 Å². The number of nitrogens with zero attached hydrogens (tertiary/aromatic N) is 1. The van der Waals surface area contributed by atoms with Crippen LogP contribution in [0.15, 0.2) is 23.6 Å². The van der Waals surface area contributed by atoms with Crippen molar-refractivity contribution in [1.82, 2.24) is 4.90 Å². The monoisotopic (exact) mass is 250 g/mol. The van der Waals surface area contributed by atoms with Gasteiger partial charge in [-0.2, -0.15) is 0 Å². The highest BCUT2D eigenvalue weighted by Crippen LogP contribution is 2.16. The Bertz CT molecular complexity index is 386. The molecule has 1 unspecified atom stereocenters. The topological polar surface area (TPSA) is 46.3 Å². The van der Waals surface area contributed by atoms with Gasteiger partial charge in [0.1, 0.15) is 0 Å². The number of carbonyl (C=O) groups is 1. The highest BCUT2D eigenvalue weighted by Gasteiger charge is 2.20. The molecule has 0 bridgehead atoms. The number of carbonyl (C=O) groups excluding carboxylic acids is 1. The molecule has 1 amide bonds. The summed E-state index contributed by atoms with van der Waals surface area (Å²) in [6.45, 7) is 2.35. The van der Waals surface area contributed by atoms with Crippen molar-refractivity contribution in [2.75, 3.05) is 19.6 Å². The molecule has 0 aliphatic carbocycles. The number of nitrogens with two attached hydrogens (primary N) is 1. The van der Waals surface area contributed by atoms with Crippen LogP contribution >= 0.6 is 11.3 Å². The predicted molar refractivity (Wildman–Crippen MR) is 71.7 cm³/mol. The molecule has 1 aliphatic heterocycles. The minimum Gasteiger partial charge on any atom is -0.339 e. The van der Waals surface area contributed by atoms with Crippen LogP contribution in [0.5, 0.6) is 0 Å². The second-order valence-corrected chi connectivity index (χ2v) is 5.36. The minimum atomic E-state index is 0.108. The molecule has 0 radical (unpaired) electrons. The summed E-state index contributed by atoms with van der Waals surface area (Å²) in [6.07, 6.45) is 5.78. The summed E-state index contributed by atoms with van der Waals surface area (Å²) in [5.41, 5.74) is 5.66. The van der Waals surface area contributed by atoms with Gasteiger partial charge in [-0.05, 0) is 42.8 Å². The fourth-order valence-electron chi connectivity index (χ4n) is 2.10. The largest absolute Gasteiger partial charge is 0.339 e. The number of hydrogen-bond acceptors (Lipinski definition) is 3. The second kappa shape index (κ2) is 5.98. The van der Waals surface area contributed by atoms with Crippen LogP contribution < -0.4 is 5.73 Å². The molecule has 3 nitrogen and oxygen atoms in total. The van der Waals surface area contributed by atoms with Gasteiger partial charge in [0.15, 0.2) is 0 Å². The first-order valence-electron chi connectivity index (χ1n) is 6.00. The molecule has 2 rings (SSSR count). The molecular weight excluding hydrogens is 232 g/mol. The molecule has 2 N–H and O–H groups in total. The molecule has 2 heterocycles. The number of hydrogen-bond donors (Lipinski definition) is 1. The molecule has 1 aromatic rings. The van der Waals surface area contributed by atoms with E-state index in [1.807, 2.05) is 28.5 Å². The Balaban J connectivity index is 1.91. The smallest absolute Gasteiger partial charge is 0.246 e. The predicted octanol–water partition coefficient (Wildman–Crippen LogP) is 1.96. The number of piperidine rings is 1. The lowest BCUT2D eigenvalue weighted by atomic mass is 9.98. The van der Waals surface area contributed by atoms with E-state index >= 15 is 0 Å². The minimum absolute atomic E-state index is 0.108. The van der Waals surface area contributed by atoms with Crippen LogP contribution in [0, 0.1) is 5.92 Å². The lowest BCUT2D eigenvalue weighted by molar-refractivity contribution is -0.127. The van der Waals surface area contributed by atoms with Crippen molar-refractivity contribution in [3.05, 3.63) is 28.5 Å². The Morgan fingerprint density at radius 2 is 2.53 bits per heavy atom. The Hall–Kier alpha value is -1.13. The maximum atomic E-state index is 12.0. The fraction of sp³-hybridized carbons (Fsp3) is 0.462. The van der Waals surface area contributed by atoms with Crippen LogP contribution in [0.25, 0.3) is 6.08 Å². The lowest BCUT2D eigenvalue weighted by Crippen LogP contribution is -2.41. The molecule has 92 valence electrons. The molecule has 1 aromatic heterocycles. The van der Waals surface area contributed by atoms with Crippen molar-refractivity contribution in [1.29, 1.82) is 0 Å². The Labute approximate surface area is 106 Å². The first-order chi connectivity index (χ1) is 8.29. The van der Waals surface area contributed by atoms with Gasteiger partial charge >= 0.3 is 0 Å². The third-order valence-corrected chi connectivity index (χ3v) is 3.93. The second-order valence-electron chi connectivity index (χ2n) is 4.38. The van der Waals surface area contributed by atoms with E-state index in [0.29, 0.717) is 12.5 Å². The molecule has 0 spiro atoms. The van der Waals surface area contributed by atoms with E-state index in [-0.39, 0.29) is 5.91 Å². The Kier molecular flexibility index (Phi) is 4.34. The number of thiophene rings is 1. The third-order valence-electron chi connectivity index (χ3n) is 3.10. The average Bonchev–Trinajstić information content (AvgIpc) is 2.89. The zero-order chi connectivity index (χ0) is 12.1. The molecule has 1 atom stereocenters. The zero-order valence-corrected chi connectivity index (χ0v) is 10.7.